The van der Waals surface area contributed by atoms with Crippen LogP contribution in [0, 0.1) is 6.92 Å². The highest BCUT2D eigenvalue weighted by atomic mass is 19.4. The second-order valence-electron chi connectivity index (χ2n) is 2.95. The second-order valence-corrected chi connectivity index (χ2v) is 2.95. The van der Waals surface area contributed by atoms with E-state index in [-0.39, 0.29) is 5.82 Å². The molecule has 1 rings (SSSR count). The van der Waals surface area contributed by atoms with Crippen LogP contribution in [0.4, 0.5) is 13.2 Å². The standard InChI is InChI=1S/C8H9F3N2O/c1-5-3-12-7(13-4-5)6(14)2-8(9,10)11/h3-4,6,14H,2H2,1H3. The average Bonchev–Trinajstić information content (AvgIpc) is 2.02. The summed E-state index contributed by atoms with van der Waals surface area (Å²) in [6.07, 6.45) is -4.69. The Kier molecular flexibility index (Phi) is 3.05. The topological polar surface area (TPSA) is 46.0 Å². The Morgan fingerprint density at radius 3 is 2.29 bits per heavy atom. The molecule has 14 heavy (non-hydrogen) atoms. The summed E-state index contributed by atoms with van der Waals surface area (Å²) in [6.45, 7) is 1.71. The molecule has 6 heteroatoms. The van der Waals surface area contributed by atoms with Crippen molar-refractivity contribution < 1.29 is 18.3 Å². The molecule has 1 atom stereocenters. The smallest absolute Gasteiger partial charge is 0.385 e. The van der Waals surface area contributed by atoms with Crippen LogP contribution in [-0.4, -0.2) is 21.3 Å². The van der Waals surface area contributed by atoms with Crippen LogP contribution in [0.2, 0.25) is 0 Å². The number of alkyl halides is 3. The third-order valence-electron chi connectivity index (χ3n) is 1.52. The fourth-order valence-electron chi connectivity index (χ4n) is 0.885. The van der Waals surface area contributed by atoms with Gasteiger partial charge in [-0.25, -0.2) is 9.97 Å². The largest absolute Gasteiger partial charge is 0.392 e. The van der Waals surface area contributed by atoms with Crippen LogP contribution in [0.3, 0.4) is 0 Å². The maximum absolute atomic E-state index is 11.9. The van der Waals surface area contributed by atoms with Gasteiger partial charge in [-0.05, 0) is 12.5 Å². The molecule has 0 bridgehead atoms. The number of aryl methyl sites for hydroxylation is 1. The van der Waals surface area contributed by atoms with Crippen molar-refractivity contribution in [3.63, 3.8) is 0 Å². The van der Waals surface area contributed by atoms with E-state index in [9.17, 15) is 13.2 Å². The summed E-state index contributed by atoms with van der Waals surface area (Å²) >= 11 is 0. The molecule has 0 radical (unpaired) electrons. The van der Waals surface area contributed by atoms with Crippen LogP contribution in [0.5, 0.6) is 0 Å². The van der Waals surface area contributed by atoms with Gasteiger partial charge in [0.1, 0.15) is 6.10 Å². The number of aliphatic hydroxyl groups excluding tert-OH is 1. The second kappa shape index (κ2) is 3.91. The minimum atomic E-state index is -4.41. The zero-order valence-corrected chi connectivity index (χ0v) is 7.41. The van der Waals surface area contributed by atoms with Crippen molar-refractivity contribution in [3.05, 3.63) is 23.8 Å². The molecule has 78 valence electrons. The first-order chi connectivity index (χ1) is 6.38. The number of halogens is 3. The van der Waals surface area contributed by atoms with E-state index in [2.05, 4.69) is 9.97 Å². The summed E-state index contributed by atoms with van der Waals surface area (Å²) in [7, 11) is 0. The van der Waals surface area contributed by atoms with Gasteiger partial charge in [-0.1, -0.05) is 0 Å². The van der Waals surface area contributed by atoms with Crippen molar-refractivity contribution in [2.24, 2.45) is 0 Å². The number of aliphatic hydroxyl groups is 1. The minimum absolute atomic E-state index is 0.201. The maximum atomic E-state index is 11.9. The lowest BCUT2D eigenvalue weighted by molar-refractivity contribution is -0.155. The summed E-state index contributed by atoms with van der Waals surface area (Å²) in [5, 5.41) is 9.10. The fourth-order valence-corrected chi connectivity index (χ4v) is 0.885. The summed E-state index contributed by atoms with van der Waals surface area (Å²) < 4.78 is 35.6. The van der Waals surface area contributed by atoms with Crippen LogP contribution in [0.1, 0.15) is 23.9 Å². The van der Waals surface area contributed by atoms with E-state index >= 15 is 0 Å². The lowest BCUT2D eigenvalue weighted by atomic mass is 10.2. The number of hydrogen-bond donors (Lipinski definition) is 1. The van der Waals surface area contributed by atoms with Crippen molar-refractivity contribution in [1.29, 1.82) is 0 Å². The summed E-state index contributed by atoms with van der Waals surface area (Å²) in [5.41, 5.74) is 0.730. The van der Waals surface area contributed by atoms with Crippen molar-refractivity contribution in [3.8, 4) is 0 Å². The van der Waals surface area contributed by atoms with Crippen molar-refractivity contribution in [2.45, 2.75) is 25.6 Å². The van der Waals surface area contributed by atoms with E-state index in [4.69, 9.17) is 5.11 Å². The van der Waals surface area contributed by atoms with Gasteiger partial charge in [0, 0.05) is 12.4 Å². The molecule has 3 nitrogen and oxygen atoms in total. The van der Waals surface area contributed by atoms with Gasteiger partial charge in [0.05, 0.1) is 6.42 Å². The Morgan fingerprint density at radius 2 is 1.86 bits per heavy atom. The first kappa shape index (κ1) is 10.9. The van der Waals surface area contributed by atoms with Gasteiger partial charge in [0.15, 0.2) is 5.82 Å². The molecule has 0 spiro atoms. The van der Waals surface area contributed by atoms with E-state index in [0.717, 1.165) is 5.56 Å². The third kappa shape index (κ3) is 3.29. The molecule has 0 saturated heterocycles. The van der Waals surface area contributed by atoms with E-state index in [1.807, 2.05) is 0 Å². The number of nitrogens with zero attached hydrogens (tertiary/aromatic N) is 2. The molecule has 1 aromatic heterocycles. The Bertz CT molecular complexity index is 296. The molecule has 0 aromatic carbocycles. The molecule has 0 aliphatic carbocycles. The van der Waals surface area contributed by atoms with Gasteiger partial charge in [0.25, 0.3) is 0 Å². The van der Waals surface area contributed by atoms with E-state index in [0.29, 0.717) is 0 Å². The predicted octanol–water partition coefficient (Wildman–Crippen LogP) is 1.77. The highest BCUT2D eigenvalue weighted by Crippen LogP contribution is 2.27. The predicted molar refractivity (Wildman–Crippen MR) is 42.4 cm³/mol. The highest BCUT2D eigenvalue weighted by Gasteiger charge is 2.32. The van der Waals surface area contributed by atoms with Gasteiger partial charge < -0.3 is 5.11 Å². The molecule has 0 aliphatic rings. The number of rotatable bonds is 2. The molecule has 0 aliphatic heterocycles. The molecular weight excluding hydrogens is 197 g/mol. The summed E-state index contributed by atoms with van der Waals surface area (Å²) in [6, 6.07) is 0. The molecule has 1 heterocycles. The minimum Gasteiger partial charge on any atom is -0.385 e. The average molecular weight is 206 g/mol. The van der Waals surface area contributed by atoms with Crippen molar-refractivity contribution in [2.75, 3.05) is 0 Å². The molecule has 0 fully saturated rings. The van der Waals surface area contributed by atoms with Crippen molar-refractivity contribution in [1.82, 2.24) is 9.97 Å². The van der Waals surface area contributed by atoms with Crippen LogP contribution in [0.15, 0.2) is 12.4 Å². The van der Waals surface area contributed by atoms with Crippen LogP contribution in [0.25, 0.3) is 0 Å². The Balaban J connectivity index is 2.70. The molecule has 1 aromatic rings. The Labute approximate surface area is 78.6 Å². The van der Waals surface area contributed by atoms with Gasteiger partial charge in [-0.15, -0.1) is 0 Å². The zero-order chi connectivity index (χ0) is 10.8. The third-order valence-corrected chi connectivity index (χ3v) is 1.52. The van der Waals surface area contributed by atoms with E-state index in [1.165, 1.54) is 12.4 Å². The number of aromatic nitrogens is 2. The normalized spacial score (nSPS) is 14.1. The Morgan fingerprint density at radius 1 is 1.36 bits per heavy atom. The summed E-state index contributed by atoms with van der Waals surface area (Å²) in [5.74, 6) is -0.201. The fraction of sp³-hybridized carbons (Fsp3) is 0.500. The number of hydrogen-bond acceptors (Lipinski definition) is 3. The monoisotopic (exact) mass is 206 g/mol. The lowest BCUT2D eigenvalue weighted by Gasteiger charge is -2.11. The van der Waals surface area contributed by atoms with Gasteiger partial charge in [-0.2, -0.15) is 13.2 Å². The quantitative estimate of drug-likeness (QED) is 0.802. The SMILES string of the molecule is Cc1cnc(C(O)CC(F)(F)F)nc1. The molecule has 1 unspecified atom stereocenters. The molecular formula is C8H9F3N2O. The maximum Gasteiger partial charge on any atom is 0.392 e. The van der Waals surface area contributed by atoms with E-state index in [1.54, 1.807) is 6.92 Å². The zero-order valence-electron chi connectivity index (χ0n) is 7.41. The highest BCUT2D eigenvalue weighted by molar-refractivity contribution is 5.03. The van der Waals surface area contributed by atoms with E-state index < -0.39 is 18.7 Å². The first-order valence-corrected chi connectivity index (χ1v) is 3.92. The Hall–Kier alpha value is -1.17. The first-order valence-electron chi connectivity index (χ1n) is 3.92. The van der Waals surface area contributed by atoms with Gasteiger partial charge in [-0.3, -0.25) is 0 Å². The van der Waals surface area contributed by atoms with Crippen molar-refractivity contribution >= 4 is 0 Å². The molecule has 1 N–H and O–H groups in total. The molecule has 0 saturated carbocycles. The van der Waals surface area contributed by atoms with Gasteiger partial charge in [0.2, 0.25) is 0 Å². The molecule has 0 amide bonds. The van der Waals surface area contributed by atoms with Crippen LogP contribution >= 0.6 is 0 Å². The lowest BCUT2D eigenvalue weighted by Crippen LogP contribution is -2.15. The van der Waals surface area contributed by atoms with Crippen LogP contribution < -0.4 is 0 Å². The summed E-state index contributed by atoms with van der Waals surface area (Å²) in [4.78, 5) is 7.20. The van der Waals surface area contributed by atoms with Crippen LogP contribution in [-0.2, 0) is 0 Å². The van der Waals surface area contributed by atoms with Gasteiger partial charge >= 0.3 is 6.18 Å².